The zero-order chi connectivity index (χ0) is 17.1. The number of carbonyl (C=O) groups excluding carboxylic acids is 1. The Morgan fingerprint density at radius 3 is 2.14 bits per heavy atom. The van der Waals surface area contributed by atoms with Gasteiger partial charge in [0, 0.05) is 0 Å². The zero-order valence-electron chi connectivity index (χ0n) is 11.9. The van der Waals surface area contributed by atoms with E-state index in [-0.39, 0.29) is 5.92 Å². The monoisotopic (exact) mass is 325 g/mol. The molecule has 2 N–H and O–H groups in total. The Morgan fingerprint density at radius 2 is 1.73 bits per heavy atom. The van der Waals surface area contributed by atoms with Crippen molar-refractivity contribution in [3.63, 3.8) is 0 Å². The summed E-state index contributed by atoms with van der Waals surface area (Å²) in [5.74, 6) is -4.31. The number of hydrogen-bond donors (Lipinski definition) is 2. The molecule has 0 aliphatic carbocycles. The standard InChI is InChI=1S/C14H16F5NO2/c1-7(2)10(21)6-11(22)20-13(14(17,18)19)12-8(15)4-3-5-9(12)16/h3-5,7,10,13,21H,6H2,1-2H3,(H,20,22). The molecule has 124 valence electrons. The molecule has 0 saturated carbocycles. The molecule has 1 rings (SSSR count). The molecule has 3 nitrogen and oxygen atoms in total. The van der Waals surface area contributed by atoms with Gasteiger partial charge in [0.1, 0.15) is 11.6 Å². The zero-order valence-corrected chi connectivity index (χ0v) is 11.9. The average Bonchev–Trinajstić information content (AvgIpc) is 2.35. The molecule has 1 aromatic rings. The molecule has 2 atom stereocenters. The topological polar surface area (TPSA) is 49.3 Å². The van der Waals surface area contributed by atoms with E-state index in [4.69, 9.17) is 0 Å². The molecule has 0 spiro atoms. The largest absolute Gasteiger partial charge is 0.413 e. The van der Waals surface area contributed by atoms with Gasteiger partial charge in [0.25, 0.3) is 0 Å². The third-order valence-electron chi connectivity index (χ3n) is 3.09. The maximum Gasteiger partial charge on any atom is 0.413 e. The molecule has 0 aliphatic heterocycles. The van der Waals surface area contributed by atoms with Crippen LogP contribution in [0.3, 0.4) is 0 Å². The van der Waals surface area contributed by atoms with Crippen LogP contribution in [-0.4, -0.2) is 23.3 Å². The molecule has 0 aromatic heterocycles. The number of carbonyl (C=O) groups is 1. The Kier molecular flexibility index (Phi) is 5.87. The van der Waals surface area contributed by atoms with Crippen molar-refractivity contribution in [2.75, 3.05) is 0 Å². The van der Waals surface area contributed by atoms with Gasteiger partial charge < -0.3 is 10.4 Å². The van der Waals surface area contributed by atoms with Crippen molar-refractivity contribution < 1.29 is 31.9 Å². The Bertz CT molecular complexity index is 510. The number of halogens is 5. The number of alkyl halides is 3. The number of hydrogen-bond acceptors (Lipinski definition) is 2. The van der Waals surface area contributed by atoms with Crippen LogP contribution in [0, 0.1) is 17.6 Å². The summed E-state index contributed by atoms with van der Waals surface area (Å²) in [5.41, 5.74) is -1.28. The lowest BCUT2D eigenvalue weighted by molar-refractivity contribution is -0.165. The van der Waals surface area contributed by atoms with Crippen LogP contribution in [0.2, 0.25) is 0 Å². The third kappa shape index (κ3) is 4.66. The van der Waals surface area contributed by atoms with E-state index >= 15 is 0 Å². The molecule has 0 saturated heterocycles. The number of aliphatic hydroxyl groups excluding tert-OH is 1. The van der Waals surface area contributed by atoms with Crippen LogP contribution in [-0.2, 0) is 4.79 Å². The lowest BCUT2D eigenvalue weighted by Gasteiger charge is -2.24. The first kappa shape index (κ1) is 18.3. The van der Waals surface area contributed by atoms with Crippen LogP contribution < -0.4 is 5.32 Å². The van der Waals surface area contributed by atoms with Gasteiger partial charge in [0.2, 0.25) is 5.91 Å². The fraction of sp³-hybridized carbons (Fsp3) is 0.500. The highest BCUT2D eigenvalue weighted by molar-refractivity contribution is 5.77. The van der Waals surface area contributed by atoms with Gasteiger partial charge in [-0.25, -0.2) is 8.78 Å². The summed E-state index contributed by atoms with van der Waals surface area (Å²) in [7, 11) is 0. The van der Waals surface area contributed by atoms with Crippen molar-refractivity contribution in [1.29, 1.82) is 0 Å². The molecule has 0 fully saturated rings. The first-order valence-electron chi connectivity index (χ1n) is 6.52. The molecule has 0 bridgehead atoms. The van der Waals surface area contributed by atoms with E-state index in [2.05, 4.69) is 0 Å². The van der Waals surface area contributed by atoms with Crippen molar-refractivity contribution in [3.05, 3.63) is 35.4 Å². The first-order valence-corrected chi connectivity index (χ1v) is 6.52. The van der Waals surface area contributed by atoms with Gasteiger partial charge in [-0.05, 0) is 18.1 Å². The quantitative estimate of drug-likeness (QED) is 0.818. The second-order valence-corrected chi connectivity index (χ2v) is 5.19. The number of nitrogens with one attached hydrogen (secondary N) is 1. The first-order chi connectivity index (χ1) is 10.0. The molecule has 0 heterocycles. The fourth-order valence-corrected chi connectivity index (χ4v) is 1.75. The highest BCUT2D eigenvalue weighted by Crippen LogP contribution is 2.35. The molecular formula is C14H16F5NO2. The van der Waals surface area contributed by atoms with Gasteiger partial charge in [0.15, 0.2) is 6.04 Å². The van der Waals surface area contributed by atoms with Gasteiger partial charge in [-0.1, -0.05) is 19.9 Å². The summed E-state index contributed by atoms with van der Waals surface area (Å²) in [6, 6.07) is -0.551. The highest BCUT2D eigenvalue weighted by Gasteiger charge is 2.44. The van der Waals surface area contributed by atoms with Crippen molar-refractivity contribution in [2.24, 2.45) is 5.92 Å². The number of rotatable bonds is 5. The average molecular weight is 325 g/mol. The minimum atomic E-state index is -5.08. The number of benzene rings is 1. The summed E-state index contributed by atoms with van der Waals surface area (Å²) in [6.45, 7) is 3.16. The van der Waals surface area contributed by atoms with E-state index in [0.717, 1.165) is 6.07 Å². The van der Waals surface area contributed by atoms with Crippen LogP contribution >= 0.6 is 0 Å². The Morgan fingerprint density at radius 1 is 1.23 bits per heavy atom. The maximum atomic E-state index is 13.5. The van der Waals surface area contributed by atoms with E-state index in [1.807, 2.05) is 0 Å². The van der Waals surface area contributed by atoms with E-state index in [1.54, 1.807) is 13.8 Å². The molecule has 2 unspecified atom stereocenters. The van der Waals surface area contributed by atoms with Crippen molar-refractivity contribution in [1.82, 2.24) is 5.32 Å². The molecule has 1 aromatic carbocycles. The highest BCUT2D eigenvalue weighted by atomic mass is 19.4. The fourth-order valence-electron chi connectivity index (χ4n) is 1.75. The summed E-state index contributed by atoms with van der Waals surface area (Å²) < 4.78 is 66.1. The van der Waals surface area contributed by atoms with Gasteiger partial charge in [0.05, 0.1) is 18.1 Å². The second kappa shape index (κ2) is 7.04. The lowest BCUT2D eigenvalue weighted by atomic mass is 10.0. The van der Waals surface area contributed by atoms with Crippen LogP contribution in [0.25, 0.3) is 0 Å². The SMILES string of the molecule is CC(C)C(O)CC(=O)NC(c1c(F)cccc1F)C(F)(F)F. The number of amides is 1. The van der Waals surface area contributed by atoms with Crippen molar-refractivity contribution in [3.8, 4) is 0 Å². The molecule has 22 heavy (non-hydrogen) atoms. The number of aliphatic hydroxyl groups is 1. The Labute approximate surface area is 124 Å². The summed E-state index contributed by atoms with van der Waals surface area (Å²) in [4.78, 5) is 11.6. The summed E-state index contributed by atoms with van der Waals surface area (Å²) in [6.07, 6.45) is -6.83. The van der Waals surface area contributed by atoms with E-state index in [0.29, 0.717) is 12.1 Å². The van der Waals surface area contributed by atoms with Gasteiger partial charge in [-0.2, -0.15) is 13.2 Å². The van der Waals surface area contributed by atoms with Crippen LogP contribution in [0.15, 0.2) is 18.2 Å². The lowest BCUT2D eigenvalue weighted by Crippen LogP contribution is -2.40. The summed E-state index contributed by atoms with van der Waals surface area (Å²) >= 11 is 0. The van der Waals surface area contributed by atoms with Crippen LogP contribution in [0.1, 0.15) is 31.9 Å². The van der Waals surface area contributed by atoms with Gasteiger partial charge in [-0.3, -0.25) is 4.79 Å². The smallest absolute Gasteiger partial charge is 0.392 e. The predicted octanol–water partition coefficient (Wildman–Crippen LogP) is 3.09. The predicted molar refractivity (Wildman–Crippen MR) is 68.8 cm³/mol. The van der Waals surface area contributed by atoms with Gasteiger partial charge in [-0.15, -0.1) is 0 Å². The second-order valence-electron chi connectivity index (χ2n) is 5.19. The third-order valence-corrected chi connectivity index (χ3v) is 3.09. The normalized spacial score (nSPS) is 14.8. The van der Waals surface area contributed by atoms with Gasteiger partial charge >= 0.3 is 6.18 Å². The van der Waals surface area contributed by atoms with E-state index < -0.39 is 47.8 Å². The van der Waals surface area contributed by atoms with Crippen LogP contribution in [0.5, 0.6) is 0 Å². The Balaban J connectivity index is 3.04. The molecule has 0 radical (unpaired) electrons. The van der Waals surface area contributed by atoms with Crippen molar-refractivity contribution >= 4 is 5.91 Å². The molecule has 8 heteroatoms. The minimum absolute atomic E-state index is 0.347. The molecule has 0 aliphatic rings. The minimum Gasteiger partial charge on any atom is -0.392 e. The van der Waals surface area contributed by atoms with Crippen molar-refractivity contribution in [2.45, 2.75) is 38.6 Å². The molecular weight excluding hydrogens is 309 g/mol. The molecule has 1 amide bonds. The van der Waals surface area contributed by atoms with E-state index in [1.165, 1.54) is 5.32 Å². The van der Waals surface area contributed by atoms with Crippen LogP contribution in [0.4, 0.5) is 22.0 Å². The summed E-state index contributed by atoms with van der Waals surface area (Å²) in [5, 5.41) is 11.0. The maximum absolute atomic E-state index is 13.5. The Hall–Kier alpha value is -1.70. The van der Waals surface area contributed by atoms with E-state index in [9.17, 15) is 31.9 Å².